The quantitative estimate of drug-likeness (QED) is 0.0333. The molecule has 0 bridgehead atoms. The molecule has 0 heterocycles. The second-order valence-electron chi connectivity index (χ2n) is 15.0. The highest BCUT2D eigenvalue weighted by Gasteiger charge is 2.18. The van der Waals surface area contributed by atoms with Crippen LogP contribution in [0.25, 0.3) is 0 Å². The van der Waals surface area contributed by atoms with Crippen LogP contribution in [0.2, 0.25) is 0 Å². The molecule has 6 heteroatoms. The van der Waals surface area contributed by atoms with Crippen LogP contribution in [0.5, 0.6) is 0 Å². The number of aliphatic hydroxyl groups is 2. The first kappa shape index (κ1) is 49.3. The zero-order valence-corrected chi connectivity index (χ0v) is 33.8. The van der Waals surface area contributed by atoms with E-state index in [4.69, 9.17) is 4.74 Å². The third-order valence-corrected chi connectivity index (χ3v) is 9.97. The molecule has 51 heavy (non-hydrogen) atoms. The molecule has 0 aliphatic rings. The number of hydrogen-bond donors (Lipinski definition) is 3. The van der Waals surface area contributed by atoms with Gasteiger partial charge < -0.3 is 20.3 Å². The number of esters is 1. The zero-order valence-electron chi connectivity index (χ0n) is 33.8. The Labute approximate surface area is 316 Å². The Morgan fingerprint density at radius 1 is 0.529 bits per heavy atom. The molecule has 0 aromatic carbocycles. The first-order valence-corrected chi connectivity index (χ1v) is 22.1. The maximum Gasteiger partial charge on any atom is 0.305 e. The molecule has 1 amide bonds. The molecule has 300 valence electrons. The molecule has 0 aliphatic heterocycles. The Hall–Kier alpha value is -1.66. The monoisotopic (exact) mass is 720 g/mol. The van der Waals surface area contributed by atoms with E-state index in [1.807, 2.05) is 6.08 Å². The van der Waals surface area contributed by atoms with Crippen molar-refractivity contribution >= 4 is 11.9 Å². The van der Waals surface area contributed by atoms with Crippen LogP contribution in [0.3, 0.4) is 0 Å². The fourth-order valence-corrected chi connectivity index (χ4v) is 6.51. The third-order valence-electron chi connectivity index (χ3n) is 9.97. The lowest BCUT2D eigenvalue weighted by atomic mass is 10.0. The highest BCUT2D eigenvalue weighted by atomic mass is 16.5. The summed E-state index contributed by atoms with van der Waals surface area (Å²) in [6.07, 6.45) is 45.9. The predicted octanol–water partition coefficient (Wildman–Crippen LogP) is 12.4. The average molecular weight is 720 g/mol. The SMILES string of the molecule is CCCCCCCCCC/C=C/C(O)C(CO)NC(=O)CCCCCCC/C=C\CCCCCOC(=O)CCCCCCCCCCCCCC. The summed E-state index contributed by atoms with van der Waals surface area (Å²) < 4.78 is 5.42. The van der Waals surface area contributed by atoms with Crippen molar-refractivity contribution in [2.24, 2.45) is 0 Å². The van der Waals surface area contributed by atoms with E-state index < -0.39 is 12.1 Å². The van der Waals surface area contributed by atoms with Gasteiger partial charge >= 0.3 is 5.97 Å². The Morgan fingerprint density at radius 2 is 0.922 bits per heavy atom. The molecule has 0 aromatic heterocycles. The van der Waals surface area contributed by atoms with E-state index in [1.54, 1.807) is 6.08 Å². The summed E-state index contributed by atoms with van der Waals surface area (Å²) >= 11 is 0. The van der Waals surface area contributed by atoms with Crippen molar-refractivity contribution in [2.75, 3.05) is 13.2 Å². The smallest absolute Gasteiger partial charge is 0.305 e. The van der Waals surface area contributed by atoms with Crippen LogP contribution in [0.15, 0.2) is 24.3 Å². The van der Waals surface area contributed by atoms with Gasteiger partial charge in [0.05, 0.1) is 25.4 Å². The topological polar surface area (TPSA) is 95.9 Å². The molecule has 0 saturated carbocycles. The number of allylic oxidation sites excluding steroid dienone is 3. The maximum atomic E-state index is 12.3. The molecule has 6 nitrogen and oxygen atoms in total. The molecule has 0 saturated heterocycles. The number of hydrogen-bond acceptors (Lipinski definition) is 5. The summed E-state index contributed by atoms with van der Waals surface area (Å²) in [5.41, 5.74) is 0. The highest BCUT2D eigenvalue weighted by molar-refractivity contribution is 5.76. The molecule has 0 fully saturated rings. The van der Waals surface area contributed by atoms with E-state index in [0.717, 1.165) is 83.5 Å². The summed E-state index contributed by atoms with van der Waals surface area (Å²) in [6.45, 7) is 4.80. The van der Waals surface area contributed by atoms with Gasteiger partial charge in [-0.05, 0) is 64.2 Å². The van der Waals surface area contributed by atoms with Crippen LogP contribution in [0, 0.1) is 0 Å². The lowest BCUT2D eigenvalue weighted by molar-refractivity contribution is -0.143. The second kappa shape index (κ2) is 41.1. The molecular weight excluding hydrogens is 634 g/mol. The van der Waals surface area contributed by atoms with E-state index >= 15 is 0 Å². The van der Waals surface area contributed by atoms with Crippen molar-refractivity contribution in [3.05, 3.63) is 24.3 Å². The minimum atomic E-state index is -0.857. The van der Waals surface area contributed by atoms with Gasteiger partial charge in [-0.3, -0.25) is 9.59 Å². The summed E-state index contributed by atoms with van der Waals surface area (Å²) in [6, 6.07) is -0.643. The Balaban J connectivity index is 3.54. The molecule has 0 rings (SSSR count). The number of ether oxygens (including phenoxy) is 1. The van der Waals surface area contributed by atoms with Gasteiger partial charge in [0, 0.05) is 12.8 Å². The van der Waals surface area contributed by atoms with Crippen LogP contribution in [-0.4, -0.2) is 47.4 Å². The molecule has 2 unspecified atom stereocenters. The number of carbonyl (C=O) groups is 2. The van der Waals surface area contributed by atoms with Crippen molar-refractivity contribution in [1.82, 2.24) is 5.32 Å². The Kier molecular flexibility index (Phi) is 39.8. The van der Waals surface area contributed by atoms with Gasteiger partial charge in [-0.1, -0.05) is 173 Å². The number of nitrogens with one attached hydrogen (secondary N) is 1. The van der Waals surface area contributed by atoms with Gasteiger partial charge in [0.25, 0.3) is 0 Å². The molecule has 0 aromatic rings. The maximum absolute atomic E-state index is 12.3. The molecule has 0 aliphatic carbocycles. The Bertz CT molecular complexity index is 797. The van der Waals surface area contributed by atoms with E-state index in [0.29, 0.717) is 19.4 Å². The molecule has 0 spiro atoms. The summed E-state index contributed by atoms with van der Waals surface area (Å²) in [4.78, 5) is 24.3. The number of unbranched alkanes of at least 4 members (excludes halogenated alkanes) is 27. The van der Waals surface area contributed by atoms with Crippen molar-refractivity contribution in [2.45, 2.75) is 238 Å². The van der Waals surface area contributed by atoms with Gasteiger partial charge in [0.1, 0.15) is 0 Å². The van der Waals surface area contributed by atoms with E-state index in [-0.39, 0.29) is 18.5 Å². The fourth-order valence-electron chi connectivity index (χ4n) is 6.51. The van der Waals surface area contributed by atoms with Crippen molar-refractivity contribution < 1.29 is 24.5 Å². The average Bonchev–Trinajstić information content (AvgIpc) is 3.13. The molecule has 0 radical (unpaired) electrons. The predicted molar refractivity (Wildman–Crippen MR) is 218 cm³/mol. The van der Waals surface area contributed by atoms with Crippen LogP contribution in [0.1, 0.15) is 226 Å². The summed E-state index contributed by atoms with van der Waals surface area (Å²) in [7, 11) is 0. The van der Waals surface area contributed by atoms with E-state index in [1.165, 1.54) is 116 Å². The van der Waals surface area contributed by atoms with E-state index in [2.05, 4.69) is 31.3 Å². The normalized spacial score (nSPS) is 12.9. The third kappa shape index (κ3) is 37.9. The van der Waals surface area contributed by atoms with Crippen LogP contribution < -0.4 is 5.32 Å². The number of carbonyl (C=O) groups excluding carboxylic acids is 2. The lowest BCUT2D eigenvalue weighted by Crippen LogP contribution is -2.45. The first-order valence-electron chi connectivity index (χ1n) is 22.1. The number of aliphatic hydroxyl groups excluding tert-OH is 2. The van der Waals surface area contributed by atoms with Crippen LogP contribution >= 0.6 is 0 Å². The zero-order chi connectivity index (χ0) is 37.3. The summed E-state index contributed by atoms with van der Waals surface area (Å²) in [5, 5.41) is 22.9. The number of rotatable bonds is 40. The molecule has 2 atom stereocenters. The first-order chi connectivity index (χ1) is 25.0. The van der Waals surface area contributed by atoms with Crippen LogP contribution in [-0.2, 0) is 14.3 Å². The van der Waals surface area contributed by atoms with Gasteiger partial charge in [-0.15, -0.1) is 0 Å². The minimum absolute atomic E-state index is 0.0249. The fraction of sp³-hybridized carbons (Fsp3) is 0.867. The second-order valence-corrected chi connectivity index (χ2v) is 15.0. The van der Waals surface area contributed by atoms with Crippen LogP contribution in [0.4, 0.5) is 0 Å². The number of amides is 1. The van der Waals surface area contributed by atoms with E-state index in [9.17, 15) is 19.8 Å². The van der Waals surface area contributed by atoms with Crippen molar-refractivity contribution in [1.29, 1.82) is 0 Å². The molecule has 3 N–H and O–H groups in total. The lowest BCUT2D eigenvalue weighted by Gasteiger charge is -2.20. The largest absolute Gasteiger partial charge is 0.466 e. The van der Waals surface area contributed by atoms with Crippen molar-refractivity contribution in [3.63, 3.8) is 0 Å². The van der Waals surface area contributed by atoms with Gasteiger partial charge in [-0.2, -0.15) is 0 Å². The van der Waals surface area contributed by atoms with Crippen molar-refractivity contribution in [3.8, 4) is 0 Å². The van der Waals surface area contributed by atoms with Gasteiger partial charge in [0.15, 0.2) is 0 Å². The standard InChI is InChI=1S/C45H85NO5/c1-3-5-7-9-11-13-15-19-23-27-31-35-39-45(50)51-40-36-32-28-24-20-17-16-18-22-26-30-34-38-44(49)46-42(41-47)43(48)37-33-29-25-21-14-12-10-8-6-4-2/h17,20,33,37,42-43,47-48H,3-16,18-19,21-32,34-36,38-41H2,1-2H3,(H,46,49)/b20-17-,37-33+. The minimum Gasteiger partial charge on any atom is -0.466 e. The Morgan fingerprint density at radius 3 is 1.39 bits per heavy atom. The van der Waals surface area contributed by atoms with Gasteiger partial charge in [0.2, 0.25) is 5.91 Å². The highest BCUT2D eigenvalue weighted by Crippen LogP contribution is 2.14. The van der Waals surface area contributed by atoms with Gasteiger partial charge in [-0.25, -0.2) is 0 Å². The molecular formula is C45H85NO5. The summed E-state index contributed by atoms with van der Waals surface area (Å²) in [5.74, 6) is -0.122.